The Morgan fingerprint density at radius 1 is 0.875 bits per heavy atom. The van der Waals surface area contributed by atoms with Crippen LogP contribution in [0.3, 0.4) is 0 Å². The summed E-state index contributed by atoms with van der Waals surface area (Å²) >= 11 is 0. The molecule has 3 aromatic rings. The second-order valence-corrected chi connectivity index (χ2v) is 8.79. The fourth-order valence-electron chi connectivity index (χ4n) is 3.43. The molecule has 2 N–H and O–H groups in total. The predicted molar refractivity (Wildman–Crippen MR) is 119 cm³/mol. The predicted octanol–water partition coefficient (Wildman–Crippen LogP) is 3.04. The average Bonchev–Trinajstić information content (AvgIpc) is 3.04. The Labute approximate surface area is 184 Å². The van der Waals surface area contributed by atoms with E-state index in [1.54, 1.807) is 49.4 Å². The molecule has 0 saturated heterocycles. The van der Waals surface area contributed by atoms with E-state index in [1.165, 1.54) is 30.3 Å². The van der Waals surface area contributed by atoms with Crippen molar-refractivity contribution in [3.05, 3.63) is 89.5 Å². The van der Waals surface area contributed by atoms with E-state index in [-0.39, 0.29) is 17.0 Å². The number of hydrogen-bond acceptors (Lipinski definition) is 5. The van der Waals surface area contributed by atoms with Crippen molar-refractivity contribution in [1.29, 1.82) is 0 Å². The highest BCUT2D eigenvalue weighted by molar-refractivity contribution is 7.89. The van der Waals surface area contributed by atoms with Gasteiger partial charge in [0.1, 0.15) is 0 Å². The highest BCUT2D eigenvalue weighted by Crippen LogP contribution is 2.29. The second-order valence-electron chi connectivity index (χ2n) is 7.02. The normalized spacial score (nSPS) is 13.2. The van der Waals surface area contributed by atoms with E-state index in [0.717, 1.165) is 4.90 Å². The van der Waals surface area contributed by atoms with Gasteiger partial charge in [0.15, 0.2) is 0 Å². The Morgan fingerprint density at radius 2 is 1.53 bits per heavy atom. The standard InChI is InChI=1S/C23H19N3O5S/c1-2-24-32(30,31)18-10-5-7-15(13-18)21(27)25-16-8-6-9-17(14-16)26-22(28)19-11-3-4-12-20(19)23(26)29/h3-14,24H,2H2,1H3,(H,25,27). The first kappa shape index (κ1) is 21.4. The van der Waals surface area contributed by atoms with Gasteiger partial charge in [0.2, 0.25) is 10.0 Å². The van der Waals surface area contributed by atoms with E-state index in [0.29, 0.717) is 22.5 Å². The first-order valence-corrected chi connectivity index (χ1v) is 11.3. The summed E-state index contributed by atoms with van der Waals surface area (Å²) in [6.45, 7) is 1.89. The zero-order chi connectivity index (χ0) is 22.9. The molecule has 3 aromatic carbocycles. The quantitative estimate of drug-likeness (QED) is 0.562. The number of sulfonamides is 1. The number of carbonyl (C=O) groups is 3. The summed E-state index contributed by atoms with van der Waals surface area (Å²) in [5.41, 5.74) is 1.47. The Morgan fingerprint density at radius 3 is 2.19 bits per heavy atom. The Kier molecular flexibility index (Phi) is 5.60. The van der Waals surface area contributed by atoms with Crippen molar-refractivity contribution < 1.29 is 22.8 Å². The molecule has 0 spiro atoms. The number of imide groups is 1. The van der Waals surface area contributed by atoms with Gasteiger partial charge >= 0.3 is 0 Å². The van der Waals surface area contributed by atoms with Crippen LogP contribution in [0.2, 0.25) is 0 Å². The molecule has 0 aliphatic carbocycles. The molecular formula is C23H19N3O5S. The number of rotatable bonds is 6. The molecule has 4 rings (SSSR count). The summed E-state index contributed by atoms with van der Waals surface area (Å²) in [5.74, 6) is -1.40. The minimum Gasteiger partial charge on any atom is -0.322 e. The molecule has 0 bridgehead atoms. The zero-order valence-electron chi connectivity index (χ0n) is 17.0. The number of benzene rings is 3. The summed E-state index contributed by atoms with van der Waals surface area (Å²) in [5, 5.41) is 2.68. The van der Waals surface area contributed by atoms with Gasteiger partial charge in [-0.2, -0.15) is 0 Å². The average molecular weight is 449 g/mol. The largest absolute Gasteiger partial charge is 0.322 e. The van der Waals surface area contributed by atoms with Crippen LogP contribution in [0.4, 0.5) is 11.4 Å². The van der Waals surface area contributed by atoms with Crippen LogP contribution in [-0.4, -0.2) is 32.7 Å². The molecule has 162 valence electrons. The van der Waals surface area contributed by atoms with E-state index < -0.39 is 27.7 Å². The lowest BCUT2D eigenvalue weighted by Crippen LogP contribution is -2.29. The van der Waals surface area contributed by atoms with Gasteiger partial charge in [0.05, 0.1) is 21.7 Å². The lowest BCUT2D eigenvalue weighted by atomic mass is 10.1. The van der Waals surface area contributed by atoms with Gasteiger partial charge in [-0.25, -0.2) is 18.0 Å². The number of anilines is 2. The first-order valence-electron chi connectivity index (χ1n) is 9.81. The van der Waals surface area contributed by atoms with Gasteiger partial charge in [-0.15, -0.1) is 0 Å². The van der Waals surface area contributed by atoms with Gasteiger partial charge < -0.3 is 5.32 Å². The van der Waals surface area contributed by atoms with E-state index in [4.69, 9.17) is 0 Å². The number of amides is 3. The summed E-state index contributed by atoms with van der Waals surface area (Å²) in [7, 11) is -3.71. The lowest BCUT2D eigenvalue weighted by molar-refractivity contribution is 0.0925. The molecule has 0 unspecified atom stereocenters. The first-order chi connectivity index (χ1) is 15.3. The second kappa shape index (κ2) is 8.37. The zero-order valence-corrected chi connectivity index (χ0v) is 17.8. The van der Waals surface area contributed by atoms with Crippen molar-refractivity contribution >= 4 is 39.1 Å². The SMILES string of the molecule is CCNS(=O)(=O)c1cccc(C(=O)Nc2cccc(N3C(=O)c4ccccc4C3=O)c2)c1. The smallest absolute Gasteiger partial charge is 0.266 e. The molecule has 0 atom stereocenters. The van der Waals surface area contributed by atoms with Gasteiger partial charge in [-0.1, -0.05) is 31.2 Å². The Hall–Kier alpha value is -3.82. The van der Waals surface area contributed by atoms with E-state index in [2.05, 4.69) is 10.0 Å². The third-order valence-electron chi connectivity index (χ3n) is 4.90. The maximum atomic E-state index is 12.7. The maximum Gasteiger partial charge on any atom is 0.266 e. The van der Waals surface area contributed by atoms with Crippen molar-refractivity contribution in [2.75, 3.05) is 16.8 Å². The number of carbonyl (C=O) groups excluding carboxylic acids is 3. The molecule has 0 aromatic heterocycles. The third kappa shape index (κ3) is 3.91. The van der Waals surface area contributed by atoms with Crippen LogP contribution in [0.5, 0.6) is 0 Å². The summed E-state index contributed by atoms with van der Waals surface area (Å²) in [4.78, 5) is 39.2. The van der Waals surface area contributed by atoms with Crippen LogP contribution in [0.15, 0.2) is 77.7 Å². The van der Waals surface area contributed by atoms with Crippen molar-refractivity contribution in [3.63, 3.8) is 0 Å². The Balaban J connectivity index is 1.58. The number of nitrogens with one attached hydrogen (secondary N) is 2. The van der Waals surface area contributed by atoms with Gasteiger partial charge in [0, 0.05) is 17.8 Å². The van der Waals surface area contributed by atoms with Crippen LogP contribution < -0.4 is 14.9 Å². The van der Waals surface area contributed by atoms with Crippen molar-refractivity contribution in [2.45, 2.75) is 11.8 Å². The molecule has 8 nitrogen and oxygen atoms in total. The van der Waals surface area contributed by atoms with Gasteiger partial charge in [0.25, 0.3) is 17.7 Å². The summed E-state index contributed by atoms with van der Waals surface area (Å²) in [6, 6.07) is 18.6. The fraction of sp³-hybridized carbons (Fsp3) is 0.0870. The highest BCUT2D eigenvalue weighted by Gasteiger charge is 2.36. The minimum atomic E-state index is -3.71. The molecule has 0 saturated carbocycles. The molecule has 1 heterocycles. The van der Waals surface area contributed by atoms with Crippen molar-refractivity contribution in [2.24, 2.45) is 0 Å². The molecular weight excluding hydrogens is 430 g/mol. The lowest BCUT2D eigenvalue weighted by Gasteiger charge is -2.15. The van der Waals surface area contributed by atoms with Crippen LogP contribution >= 0.6 is 0 Å². The van der Waals surface area contributed by atoms with Crippen LogP contribution in [-0.2, 0) is 10.0 Å². The van der Waals surface area contributed by atoms with E-state index in [9.17, 15) is 22.8 Å². The monoisotopic (exact) mass is 449 g/mol. The number of nitrogens with zero attached hydrogens (tertiary/aromatic N) is 1. The van der Waals surface area contributed by atoms with Gasteiger partial charge in [-0.05, 0) is 48.5 Å². The maximum absolute atomic E-state index is 12.7. The molecule has 3 amide bonds. The molecule has 1 aliphatic heterocycles. The summed E-state index contributed by atoms with van der Waals surface area (Å²) < 4.78 is 26.8. The summed E-state index contributed by atoms with van der Waals surface area (Å²) in [6.07, 6.45) is 0. The minimum absolute atomic E-state index is 0.0215. The molecule has 0 fully saturated rings. The highest BCUT2D eigenvalue weighted by atomic mass is 32.2. The number of fused-ring (bicyclic) bond motifs is 1. The fourth-order valence-corrected chi connectivity index (χ4v) is 4.51. The Bertz CT molecular complexity index is 1320. The van der Waals surface area contributed by atoms with Crippen LogP contribution in [0.1, 0.15) is 38.0 Å². The molecule has 0 radical (unpaired) electrons. The van der Waals surface area contributed by atoms with Gasteiger partial charge in [-0.3, -0.25) is 14.4 Å². The van der Waals surface area contributed by atoms with Crippen molar-refractivity contribution in [3.8, 4) is 0 Å². The van der Waals surface area contributed by atoms with Crippen molar-refractivity contribution in [1.82, 2.24) is 4.72 Å². The molecule has 1 aliphatic rings. The topological polar surface area (TPSA) is 113 Å². The third-order valence-corrected chi connectivity index (χ3v) is 6.44. The van der Waals surface area contributed by atoms with E-state index in [1.807, 2.05) is 0 Å². The van der Waals surface area contributed by atoms with Crippen LogP contribution in [0.25, 0.3) is 0 Å². The van der Waals surface area contributed by atoms with Crippen LogP contribution in [0, 0.1) is 0 Å². The molecule has 32 heavy (non-hydrogen) atoms. The molecule has 9 heteroatoms. The van der Waals surface area contributed by atoms with E-state index >= 15 is 0 Å². The number of hydrogen-bond donors (Lipinski definition) is 2.